The van der Waals surface area contributed by atoms with E-state index in [1.807, 2.05) is 13.8 Å². The Kier molecular flexibility index (Phi) is 4.55. The summed E-state index contributed by atoms with van der Waals surface area (Å²) >= 11 is 5.76. The fourth-order valence-corrected chi connectivity index (χ4v) is 1.78. The molecule has 1 nitrogen and oxygen atoms in total. The van der Waals surface area contributed by atoms with Crippen LogP contribution in [0.2, 0.25) is 5.02 Å². The van der Waals surface area contributed by atoms with Gasteiger partial charge >= 0.3 is 0 Å². The SMILES string of the molecule is CC(C)CC(O)Cc1cc(Cl)ccc1F. The van der Waals surface area contributed by atoms with E-state index >= 15 is 0 Å². The molecule has 0 amide bonds. The zero-order chi connectivity index (χ0) is 11.4. The van der Waals surface area contributed by atoms with Gasteiger partial charge in [-0.2, -0.15) is 0 Å². The Bertz CT molecular complexity index is 325. The van der Waals surface area contributed by atoms with Crippen molar-refractivity contribution in [2.75, 3.05) is 0 Å². The third-order valence-corrected chi connectivity index (χ3v) is 2.44. The lowest BCUT2D eigenvalue weighted by Crippen LogP contribution is -2.14. The van der Waals surface area contributed by atoms with Crippen LogP contribution < -0.4 is 0 Å². The number of hydrogen-bond acceptors (Lipinski definition) is 1. The first kappa shape index (κ1) is 12.5. The fourth-order valence-electron chi connectivity index (χ4n) is 1.58. The van der Waals surface area contributed by atoms with E-state index in [-0.39, 0.29) is 5.82 Å². The molecule has 0 saturated carbocycles. The second-order valence-corrected chi connectivity index (χ2v) is 4.66. The maximum Gasteiger partial charge on any atom is 0.126 e. The smallest absolute Gasteiger partial charge is 0.126 e. The van der Waals surface area contributed by atoms with Gasteiger partial charge in [0, 0.05) is 11.4 Å². The molecule has 0 aliphatic carbocycles. The van der Waals surface area contributed by atoms with Gasteiger partial charge in [0.1, 0.15) is 5.82 Å². The van der Waals surface area contributed by atoms with Crippen LogP contribution in [0.5, 0.6) is 0 Å². The molecule has 0 heterocycles. The second-order valence-electron chi connectivity index (χ2n) is 4.22. The van der Waals surface area contributed by atoms with Gasteiger partial charge in [0.2, 0.25) is 0 Å². The molecule has 0 bridgehead atoms. The van der Waals surface area contributed by atoms with Crippen molar-refractivity contribution in [3.05, 3.63) is 34.6 Å². The molecule has 0 spiro atoms. The fraction of sp³-hybridized carbons (Fsp3) is 0.500. The summed E-state index contributed by atoms with van der Waals surface area (Å²) in [6, 6.07) is 4.41. The van der Waals surface area contributed by atoms with Gasteiger partial charge in [-0.05, 0) is 36.1 Å². The molecule has 0 fully saturated rings. The summed E-state index contributed by atoms with van der Waals surface area (Å²) in [5.74, 6) is 0.101. The number of rotatable bonds is 4. The number of aliphatic hydroxyl groups is 1. The predicted octanol–water partition coefficient (Wildman–Crippen LogP) is 3.43. The first-order chi connectivity index (χ1) is 6.99. The van der Waals surface area contributed by atoms with Crippen LogP contribution in [0.25, 0.3) is 0 Å². The Morgan fingerprint density at radius 3 is 2.67 bits per heavy atom. The molecule has 1 rings (SSSR count). The highest BCUT2D eigenvalue weighted by molar-refractivity contribution is 6.30. The summed E-state index contributed by atoms with van der Waals surface area (Å²) in [5, 5.41) is 10.2. The molecule has 15 heavy (non-hydrogen) atoms. The lowest BCUT2D eigenvalue weighted by atomic mass is 9.99. The van der Waals surface area contributed by atoms with Gasteiger partial charge in [-0.25, -0.2) is 4.39 Å². The molecule has 84 valence electrons. The Balaban J connectivity index is 2.67. The van der Waals surface area contributed by atoms with Crippen molar-refractivity contribution >= 4 is 11.6 Å². The first-order valence-corrected chi connectivity index (χ1v) is 5.49. The van der Waals surface area contributed by atoms with Gasteiger partial charge in [-0.1, -0.05) is 25.4 Å². The summed E-state index contributed by atoms with van der Waals surface area (Å²) in [5.41, 5.74) is 0.482. The van der Waals surface area contributed by atoms with Crippen LogP contribution in [-0.4, -0.2) is 11.2 Å². The molecular formula is C12H16ClFO. The zero-order valence-corrected chi connectivity index (χ0v) is 9.76. The minimum Gasteiger partial charge on any atom is -0.393 e. The third kappa shape index (κ3) is 4.18. The lowest BCUT2D eigenvalue weighted by Gasteiger charge is -2.13. The van der Waals surface area contributed by atoms with E-state index < -0.39 is 6.10 Å². The molecule has 1 atom stereocenters. The zero-order valence-electron chi connectivity index (χ0n) is 9.00. The quantitative estimate of drug-likeness (QED) is 0.840. The highest BCUT2D eigenvalue weighted by Gasteiger charge is 2.11. The summed E-state index contributed by atoms with van der Waals surface area (Å²) in [4.78, 5) is 0. The van der Waals surface area contributed by atoms with Crippen molar-refractivity contribution in [1.82, 2.24) is 0 Å². The van der Waals surface area contributed by atoms with Gasteiger partial charge in [0.05, 0.1) is 6.10 Å². The van der Waals surface area contributed by atoms with Crippen molar-refractivity contribution in [1.29, 1.82) is 0 Å². The van der Waals surface area contributed by atoms with Crippen LogP contribution in [0.3, 0.4) is 0 Å². The standard InChI is InChI=1S/C12H16ClFO/c1-8(2)5-11(15)7-9-6-10(13)3-4-12(9)14/h3-4,6,8,11,15H,5,7H2,1-2H3. The van der Waals surface area contributed by atoms with E-state index in [0.29, 0.717) is 29.3 Å². The van der Waals surface area contributed by atoms with Gasteiger partial charge in [-0.15, -0.1) is 0 Å². The van der Waals surface area contributed by atoms with E-state index in [2.05, 4.69) is 0 Å². The molecule has 1 unspecified atom stereocenters. The van der Waals surface area contributed by atoms with E-state index in [0.717, 1.165) is 0 Å². The monoisotopic (exact) mass is 230 g/mol. The van der Waals surface area contributed by atoms with Gasteiger partial charge in [0.15, 0.2) is 0 Å². The number of halogens is 2. The molecule has 0 aliphatic heterocycles. The van der Waals surface area contributed by atoms with Gasteiger partial charge in [0.25, 0.3) is 0 Å². The van der Waals surface area contributed by atoms with Crippen molar-refractivity contribution in [2.24, 2.45) is 5.92 Å². The van der Waals surface area contributed by atoms with Crippen molar-refractivity contribution in [3.8, 4) is 0 Å². The maximum atomic E-state index is 13.3. The Morgan fingerprint density at radius 1 is 1.40 bits per heavy atom. The average Bonchev–Trinajstić information content (AvgIpc) is 2.10. The van der Waals surface area contributed by atoms with Gasteiger partial charge in [-0.3, -0.25) is 0 Å². The highest BCUT2D eigenvalue weighted by Crippen LogP contribution is 2.18. The molecule has 0 radical (unpaired) electrons. The van der Waals surface area contributed by atoms with Crippen LogP contribution in [0.15, 0.2) is 18.2 Å². The van der Waals surface area contributed by atoms with Crippen LogP contribution >= 0.6 is 11.6 Å². The normalized spacial score (nSPS) is 13.2. The molecule has 0 saturated heterocycles. The Hall–Kier alpha value is -0.600. The van der Waals surface area contributed by atoms with E-state index in [9.17, 15) is 9.50 Å². The van der Waals surface area contributed by atoms with Crippen LogP contribution in [0.4, 0.5) is 4.39 Å². The van der Waals surface area contributed by atoms with Crippen molar-refractivity contribution < 1.29 is 9.50 Å². The Labute approximate surface area is 94.9 Å². The number of hydrogen-bond donors (Lipinski definition) is 1. The molecule has 3 heteroatoms. The molecule has 0 aromatic heterocycles. The molecule has 1 aromatic carbocycles. The number of benzene rings is 1. The van der Waals surface area contributed by atoms with Crippen LogP contribution in [0, 0.1) is 11.7 Å². The Morgan fingerprint density at radius 2 is 2.07 bits per heavy atom. The molecule has 1 aromatic rings. The molecule has 0 aliphatic rings. The summed E-state index contributed by atoms with van der Waals surface area (Å²) < 4.78 is 13.3. The van der Waals surface area contributed by atoms with Crippen molar-refractivity contribution in [2.45, 2.75) is 32.8 Å². The van der Waals surface area contributed by atoms with Crippen LogP contribution in [-0.2, 0) is 6.42 Å². The largest absolute Gasteiger partial charge is 0.393 e. The third-order valence-electron chi connectivity index (χ3n) is 2.21. The van der Waals surface area contributed by atoms with Crippen molar-refractivity contribution in [3.63, 3.8) is 0 Å². The van der Waals surface area contributed by atoms with E-state index in [1.54, 1.807) is 6.07 Å². The van der Waals surface area contributed by atoms with E-state index in [1.165, 1.54) is 12.1 Å². The average molecular weight is 231 g/mol. The lowest BCUT2D eigenvalue weighted by molar-refractivity contribution is 0.148. The first-order valence-electron chi connectivity index (χ1n) is 5.11. The summed E-state index contributed by atoms with van der Waals surface area (Å²) in [6.45, 7) is 4.05. The minimum absolute atomic E-state index is 0.304. The second kappa shape index (κ2) is 5.47. The molecule has 1 N–H and O–H groups in total. The highest BCUT2D eigenvalue weighted by atomic mass is 35.5. The van der Waals surface area contributed by atoms with Gasteiger partial charge < -0.3 is 5.11 Å². The molecular weight excluding hydrogens is 215 g/mol. The maximum absolute atomic E-state index is 13.3. The number of aliphatic hydroxyl groups excluding tert-OH is 1. The predicted molar refractivity (Wildman–Crippen MR) is 60.6 cm³/mol. The van der Waals surface area contributed by atoms with Crippen LogP contribution in [0.1, 0.15) is 25.8 Å². The van der Waals surface area contributed by atoms with E-state index in [4.69, 9.17) is 11.6 Å². The topological polar surface area (TPSA) is 20.2 Å². The summed E-state index contributed by atoms with van der Waals surface area (Å²) in [7, 11) is 0. The summed E-state index contributed by atoms with van der Waals surface area (Å²) in [6.07, 6.45) is 0.495. The minimum atomic E-state index is -0.502.